The molecule has 3 rings (SSSR count). The first-order valence-corrected chi connectivity index (χ1v) is 9.15. The van der Waals surface area contributed by atoms with Crippen molar-refractivity contribution >= 4 is 23.2 Å². The molecular formula is C20H18Cl2N2O4. The second-order valence-corrected chi connectivity index (χ2v) is 7.07. The Kier molecular flexibility index (Phi) is 6.11. The Morgan fingerprint density at radius 2 is 1.18 bits per heavy atom. The van der Waals surface area contributed by atoms with Crippen LogP contribution in [0.4, 0.5) is 0 Å². The number of benzene rings is 1. The monoisotopic (exact) mass is 420 g/mol. The molecule has 2 heterocycles. The van der Waals surface area contributed by atoms with Crippen LogP contribution in [0.2, 0.25) is 10.0 Å². The molecule has 0 aliphatic rings. The van der Waals surface area contributed by atoms with E-state index in [1.807, 2.05) is 0 Å². The lowest BCUT2D eigenvalue weighted by Gasteiger charge is -2.13. The van der Waals surface area contributed by atoms with E-state index in [1.165, 1.54) is 27.3 Å². The van der Waals surface area contributed by atoms with Gasteiger partial charge in [0, 0.05) is 44.7 Å². The van der Waals surface area contributed by atoms with Gasteiger partial charge in [-0.05, 0) is 29.3 Å². The van der Waals surface area contributed by atoms with E-state index in [-0.39, 0.29) is 24.3 Å². The van der Waals surface area contributed by atoms with E-state index in [2.05, 4.69) is 0 Å². The molecule has 3 aromatic rings. The fourth-order valence-electron chi connectivity index (χ4n) is 2.41. The number of ether oxygens (including phenoxy) is 2. The van der Waals surface area contributed by atoms with Crippen molar-refractivity contribution in [1.82, 2.24) is 9.13 Å². The van der Waals surface area contributed by atoms with Crippen LogP contribution in [0.5, 0.6) is 11.5 Å². The second-order valence-electron chi connectivity index (χ2n) is 6.26. The fourth-order valence-corrected chi connectivity index (χ4v) is 2.90. The average molecular weight is 421 g/mol. The fraction of sp³-hybridized carbons (Fsp3) is 0.200. The minimum atomic E-state index is -0.124. The lowest BCUT2D eigenvalue weighted by molar-refractivity contribution is 0.290. The third-order valence-corrected chi connectivity index (χ3v) is 4.70. The number of hydrogen-bond acceptors (Lipinski definition) is 4. The third kappa shape index (κ3) is 4.77. The van der Waals surface area contributed by atoms with Gasteiger partial charge < -0.3 is 18.6 Å². The molecule has 146 valence electrons. The van der Waals surface area contributed by atoms with Crippen LogP contribution in [0.3, 0.4) is 0 Å². The number of aromatic nitrogens is 2. The van der Waals surface area contributed by atoms with Gasteiger partial charge in [0.05, 0.1) is 10.0 Å². The third-order valence-electron chi connectivity index (χ3n) is 4.11. The minimum absolute atomic E-state index is 0.124. The molecule has 0 bridgehead atoms. The van der Waals surface area contributed by atoms with E-state index < -0.39 is 0 Å². The summed E-state index contributed by atoms with van der Waals surface area (Å²) in [5, 5.41) is 0.657. The molecule has 0 spiro atoms. The zero-order chi connectivity index (χ0) is 20.3. The van der Waals surface area contributed by atoms with E-state index >= 15 is 0 Å². The molecule has 28 heavy (non-hydrogen) atoms. The summed E-state index contributed by atoms with van der Waals surface area (Å²) in [4.78, 5) is 23.4. The van der Waals surface area contributed by atoms with Gasteiger partial charge in [-0.3, -0.25) is 9.59 Å². The first-order valence-electron chi connectivity index (χ1n) is 8.39. The summed E-state index contributed by atoms with van der Waals surface area (Å²) >= 11 is 12.4. The van der Waals surface area contributed by atoms with Gasteiger partial charge in [-0.2, -0.15) is 0 Å². The first-order chi connectivity index (χ1) is 13.3. The van der Waals surface area contributed by atoms with Crippen molar-refractivity contribution in [3.05, 3.63) is 90.7 Å². The Hall–Kier alpha value is -2.70. The molecule has 0 unspecified atom stereocenters. The van der Waals surface area contributed by atoms with Crippen molar-refractivity contribution in [3.8, 4) is 11.5 Å². The number of rotatable bonds is 6. The molecule has 8 heteroatoms. The number of hydrogen-bond donors (Lipinski definition) is 0. The SMILES string of the molecule is Cn1ccc(COc2cc(OCc3ccn(C)c(=O)c3)c(Cl)cc2Cl)cc1=O. The van der Waals surface area contributed by atoms with E-state index in [0.717, 1.165) is 11.1 Å². The lowest BCUT2D eigenvalue weighted by Crippen LogP contribution is -2.15. The van der Waals surface area contributed by atoms with Crippen molar-refractivity contribution < 1.29 is 9.47 Å². The van der Waals surface area contributed by atoms with Crippen LogP contribution < -0.4 is 20.6 Å². The summed E-state index contributed by atoms with van der Waals surface area (Å²) in [5.74, 6) is 0.761. The Bertz CT molecular complexity index is 1040. The molecule has 0 radical (unpaired) electrons. The highest BCUT2D eigenvalue weighted by atomic mass is 35.5. The normalized spacial score (nSPS) is 10.7. The summed E-state index contributed by atoms with van der Waals surface area (Å²) in [5.41, 5.74) is 1.19. The van der Waals surface area contributed by atoms with Crippen molar-refractivity contribution in [2.45, 2.75) is 13.2 Å². The smallest absolute Gasteiger partial charge is 0.250 e. The Morgan fingerprint density at radius 3 is 1.57 bits per heavy atom. The van der Waals surface area contributed by atoms with Crippen LogP contribution in [0.25, 0.3) is 0 Å². The molecular weight excluding hydrogens is 403 g/mol. The molecule has 2 aromatic heterocycles. The predicted molar refractivity (Wildman–Crippen MR) is 108 cm³/mol. The molecule has 0 N–H and O–H groups in total. The topological polar surface area (TPSA) is 62.5 Å². The van der Waals surface area contributed by atoms with E-state index in [4.69, 9.17) is 32.7 Å². The van der Waals surface area contributed by atoms with Crippen LogP contribution in [-0.2, 0) is 27.3 Å². The lowest BCUT2D eigenvalue weighted by atomic mass is 10.2. The maximum Gasteiger partial charge on any atom is 0.250 e. The summed E-state index contributed by atoms with van der Waals surface area (Å²) in [7, 11) is 3.35. The summed E-state index contributed by atoms with van der Waals surface area (Å²) in [6, 6.07) is 9.69. The molecule has 0 aliphatic heterocycles. The van der Waals surface area contributed by atoms with Gasteiger partial charge in [0.25, 0.3) is 11.1 Å². The largest absolute Gasteiger partial charge is 0.487 e. The quantitative estimate of drug-likeness (QED) is 0.611. The van der Waals surface area contributed by atoms with Crippen LogP contribution in [0.1, 0.15) is 11.1 Å². The van der Waals surface area contributed by atoms with Crippen molar-refractivity contribution in [2.75, 3.05) is 0 Å². The predicted octanol–water partition coefficient (Wildman–Crippen LogP) is 3.55. The van der Waals surface area contributed by atoms with Crippen LogP contribution in [-0.4, -0.2) is 9.13 Å². The van der Waals surface area contributed by atoms with Crippen LogP contribution in [0, 0.1) is 0 Å². The zero-order valence-electron chi connectivity index (χ0n) is 15.3. The van der Waals surface area contributed by atoms with Gasteiger partial charge in [0.2, 0.25) is 0 Å². The van der Waals surface area contributed by atoms with Gasteiger partial charge in [-0.15, -0.1) is 0 Å². The molecule has 0 saturated carbocycles. The molecule has 0 saturated heterocycles. The second kappa shape index (κ2) is 8.54. The summed E-state index contributed by atoms with van der Waals surface area (Å²) in [6.45, 7) is 0.344. The molecule has 0 amide bonds. The minimum Gasteiger partial charge on any atom is -0.487 e. The molecule has 0 aliphatic carbocycles. The van der Waals surface area contributed by atoms with E-state index in [9.17, 15) is 9.59 Å². The number of aryl methyl sites for hydroxylation is 2. The van der Waals surface area contributed by atoms with Crippen molar-refractivity contribution in [2.24, 2.45) is 14.1 Å². The average Bonchev–Trinajstić information content (AvgIpc) is 2.65. The Labute approximate surface area is 171 Å². The summed E-state index contributed by atoms with van der Waals surface area (Å²) in [6.07, 6.45) is 3.34. The van der Waals surface area contributed by atoms with Gasteiger partial charge in [-0.1, -0.05) is 23.2 Å². The standard InChI is InChI=1S/C20H18Cl2N2O4/c1-23-5-3-13(7-19(23)25)11-27-17-10-18(16(22)9-15(17)21)28-12-14-4-6-24(2)20(26)8-14/h3-10H,11-12H2,1-2H3. The highest BCUT2D eigenvalue weighted by Crippen LogP contribution is 2.36. The van der Waals surface area contributed by atoms with Gasteiger partial charge in [0.1, 0.15) is 24.7 Å². The van der Waals surface area contributed by atoms with E-state index in [1.54, 1.807) is 44.7 Å². The highest BCUT2D eigenvalue weighted by molar-refractivity contribution is 6.36. The molecule has 0 atom stereocenters. The number of pyridine rings is 2. The van der Waals surface area contributed by atoms with Crippen molar-refractivity contribution in [3.63, 3.8) is 0 Å². The Balaban J connectivity index is 1.73. The molecule has 1 aromatic carbocycles. The van der Waals surface area contributed by atoms with Crippen LogP contribution >= 0.6 is 23.2 Å². The van der Waals surface area contributed by atoms with Gasteiger partial charge in [-0.25, -0.2) is 0 Å². The zero-order valence-corrected chi connectivity index (χ0v) is 16.8. The van der Waals surface area contributed by atoms with Gasteiger partial charge >= 0.3 is 0 Å². The number of halogens is 2. The van der Waals surface area contributed by atoms with Crippen molar-refractivity contribution in [1.29, 1.82) is 0 Å². The highest BCUT2D eigenvalue weighted by Gasteiger charge is 2.11. The number of nitrogens with zero attached hydrogens (tertiary/aromatic N) is 2. The Morgan fingerprint density at radius 1 is 0.750 bits per heavy atom. The van der Waals surface area contributed by atoms with Gasteiger partial charge in [0.15, 0.2) is 0 Å². The maximum atomic E-state index is 11.7. The summed E-state index contributed by atoms with van der Waals surface area (Å²) < 4.78 is 14.4. The molecule has 0 fully saturated rings. The van der Waals surface area contributed by atoms with Crippen LogP contribution in [0.15, 0.2) is 58.4 Å². The maximum absolute atomic E-state index is 11.7. The van der Waals surface area contributed by atoms with E-state index in [0.29, 0.717) is 21.5 Å². The first kappa shape index (κ1) is 20.0. The molecule has 6 nitrogen and oxygen atoms in total.